The molecule has 2 rings (SSSR count). The van der Waals surface area contributed by atoms with E-state index >= 15 is 0 Å². The second-order valence-corrected chi connectivity index (χ2v) is 4.40. The fourth-order valence-electron chi connectivity index (χ4n) is 1.25. The van der Waals surface area contributed by atoms with Crippen molar-refractivity contribution in [3.05, 3.63) is 57.8 Å². The van der Waals surface area contributed by atoms with Crippen molar-refractivity contribution >= 4 is 34.7 Å². The second kappa shape index (κ2) is 5.07. The zero-order valence-electron chi connectivity index (χ0n) is 8.38. The maximum Gasteiger partial charge on any atom is 0.278 e. The molecule has 0 radical (unpaired) electrons. The molecule has 1 aliphatic heterocycles. The highest BCUT2D eigenvalue weighted by Crippen LogP contribution is 2.11. The smallest absolute Gasteiger partial charge is 0.267 e. The second-order valence-electron chi connectivity index (χ2n) is 3.15. The van der Waals surface area contributed by atoms with Gasteiger partial charge in [0.1, 0.15) is 0 Å². The minimum absolute atomic E-state index is 0.132. The highest BCUT2D eigenvalue weighted by atomic mass is 127. The number of halogens is 1. The van der Waals surface area contributed by atoms with Crippen molar-refractivity contribution in [1.29, 1.82) is 0 Å². The average Bonchev–Trinajstić information content (AvgIpc) is 2.54. The largest absolute Gasteiger partial charge is 0.278 e. The maximum absolute atomic E-state index is 12.0. The number of rotatable bonds is 1. The van der Waals surface area contributed by atoms with Crippen molar-refractivity contribution < 1.29 is 4.79 Å². The number of benzene rings is 1. The molecule has 0 saturated heterocycles. The van der Waals surface area contributed by atoms with Gasteiger partial charge in [0.15, 0.2) is 0 Å². The van der Waals surface area contributed by atoms with Crippen molar-refractivity contribution in [2.45, 2.75) is 0 Å². The van der Waals surface area contributed by atoms with Crippen molar-refractivity contribution in [2.24, 2.45) is 5.10 Å². The lowest BCUT2D eigenvalue weighted by Crippen LogP contribution is -2.19. The molecular weight excluding hydrogens is 315 g/mol. The molecule has 0 spiro atoms. The van der Waals surface area contributed by atoms with E-state index in [2.05, 4.69) is 27.7 Å². The van der Waals surface area contributed by atoms with Gasteiger partial charge in [-0.3, -0.25) is 4.79 Å². The minimum atomic E-state index is -0.132. The number of carbonyl (C=O) groups excluding carboxylic acids is 1. The summed E-state index contributed by atoms with van der Waals surface area (Å²) < 4.78 is 0.984. The van der Waals surface area contributed by atoms with Gasteiger partial charge in [0.05, 0.1) is 6.21 Å². The van der Waals surface area contributed by atoms with E-state index in [1.165, 1.54) is 5.01 Å². The van der Waals surface area contributed by atoms with Crippen LogP contribution in [0.5, 0.6) is 0 Å². The summed E-state index contributed by atoms with van der Waals surface area (Å²) in [6, 6.07) is 9.09. The first-order valence-electron chi connectivity index (χ1n) is 4.74. The van der Waals surface area contributed by atoms with E-state index in [1.54, 1.807) is 30.6 Å². The van der Waals surface area contributed by atoms with Gasteiger partial charge < -0.3 is 0 Å². The molecule has 1 aromatic rings. The molecule has 1 amide bonds. The predicted molar refractivity (Wildman–Crippen MR) is 72.3 cm³/mol. The molecule has 0 saturated carbocycles. The Hall–Kier alpha value is -1.43. The summed E-state index contributed by atoms with van der Waals surface area (Å²) in [5.41, 5.74) is 0.626. The lowest BCUT2D eigenvalue weighted by Gasteiger charge is -2.10. The summed E-state index contributed by atoms with van der Waals surface area (Å²) in [6.45, 7) is 0. The highest BCUT2D eigenvalue weighted by Gasteiger charge is 2.12. The van der Waals surface area contributed by atoms with Gasteiger partial charge >= 0.3 is 0 Å². The van der Waals surface area contributed by atoms with Crippen LogP contribution in [0.4, 0.5) is 0 Å². The van der Waals surface area contributed by atoms with Crippen molar-refractivity contribution in [3.63, 3.8) is 0 Å². The number of nitrogens with zero attached hydrogens (tertiary/aromatic N) is 2. The first kappa shape index (κ1) is 11.1. The van der Waals surface area contributed by atoms with Crippen LogP contribution in [0.2, 0.25) is 0 Å². The molecule has 1 heterocycles. The van der Waals surface area contributed by atoms with E-state index in [0.29, 0.717) is 5.56 Å². The Morgan fingerprint density at radius 1 is 1.25 bits per heavy atom. The monoisotopic (exact) mass is 324 g/mol. The molecule has 0 aromatic heterocycles. The molecule has 0 bridgehead atoms. The third-order valence-electron chi connectivity index (χ3n) is 2.02. The Morgan fingerprint density at radius 2 is 2.00 bits per heavy atom. The zero-order chi connectivity index (χ0) is 11.4. The molecule has 80 valence electrons. The van der Waals surface area contributed by atoms with Crippen LogP contribution in [-0.2, 0) is 0 Å². The number of carbonyl (C=O) groups is 1. The molecule has 0 fully saturated rings. The summed E-state index contributed by atoms with van der Waals surface area (Å²) in [4.78, 5) is 12.0. The Kier molecular flexibility index (Phi) is 3.51. The molecule has 16 heavy (non-hydrogen) atoms. The van der Waals surface area contributed by atoms with Crippen LogP contribution in [0.3, 0.4) is 0 Å². The van der Waals surface area contributed by atoms with Crippen molar-refractivity contribution in [2.75, 3.05) is 0 Å². The van der Waals surface area contributed by atoms with Crippen LogP contribution in [0, 0.1) is 0 Å². The van der Waals surface area contributed by atoms with Crippen molar-refractivity contribution in [1.82, 2.24) is 5.01 Å². The molecule has 3 nitrogen and oxygen atoms in total. The van der Waals surface area contributed by atoms with Crippen LogP contribution >= 0.6 is 22.6 Å². The average molecular weight is 324 g/mol. The van der Waals surface area contributed by atoms with Crippen LogP contribution in [0.25, 0.3) is 0 Å². The van der Waals surface area contributed by atoms with Gasteiger partial charge in [-0.05, 0) is 46.9 Å². The summed E-state index contributed by atoms with van der Waals surface area (Å²) in [7, 11) is 0. The normalized spacial score (nSPS) is 14.6. The molecule has 4 heteroatoms. The SMILES string of the molecule is O=C(c1ccccc1)N1C=CC=C(I)C=N1. The Morgan fingerprint density at radius 3 is 2.75 bits per heavy atom. The van der Waals surface area contributed by atoms with E-state index in [0.717, 1.165) is 3.58 Å². The van der Waals surface area contributed by atoms with E-state index < -0.39 is 0 Å². The third kappa shape index (κ3) is 2.57. The summed E-state index contributed by atoms with van der Waals surface area (Å²) in [5.74, 6) is -0.132. The quantitative estimate of drug-likeness (QED) is 0.731. The first-order chi connectivity index (χ1) is 7.77. The van der Waals surface area contributed by atoms with Gasteiger partial charge in [-0.1, -0.05) is 18.2 Å². The van der Waals surface area contributed by atoms with Gasteiger partial charge in [-0.15, -0.1) is 0 Å². The Bertz CT molecular complexity index is 477. The highest BCUT2D eigenvalue weighted by molar-refractivity contribution is 14.1. The first-order valence-corrected chi connectivity index (χ1v) is 5.82. The van der Waals surface area contributed by atoms with Crippen LogP contribution in [0.1, 0.15) is 10.4 Å². The van der Waals surface area contributed by atoms with Gasteiger partial charge in [-0.25, -0.2) is 5.01 Å². The lowest BCUT2D eigenvalue weighted by molar-refractivity contribution is 0.0827. The number of hydrogen-bond acceptors (Lipinski definition) is 2. The van der Waals surface area contributed by atoms with Crippen molar-refractivity contribution in [3.8, 4) is 0 Å². The zero-order valence-corrected chi connectivity index (χ0v) is 10.5. The van der Waals surface area contributed by atoms with Gasteiger partial charge in [-0.2, -0.15) is 5.10 Å². The van der Waals surface area contributed by atoms with E-state index in [4.69, 9.17) is 0 Å². The van der Waals surface area contributed by atoms with E-state index in [1.807, 2.05) is 24.3 Å². The van der Waals surface area contributed by atoms with Crippen LogP contribution < -0.4 is 0 Å². The number of allylic oxidation sites excluding steroid dienone is 3. The summed E-state index contributed by atoms with van der Waals surface area (Å²) >= 11 is 2.15. The molecule has 0 unspecified atom stereocenters. The molecule has 1 aliphatic rings. The van der Waals surface area contributed by atoms with E-state index in [9.17, 15) is 4.79 Å². The topological polar surface area (TPSA) is 32.7 Å². The van der Waals surface area contributed by atoms with Crippen LogP contribution in [-0.4, -0.2) is 17.1 Å². The fourth-order valence-corrected chi connectivity index (χ4v) is 1.58. The van der Waals surface area contributed by atoms with Gasteiger partial charge in [0.2, 0.25) is 0 Å². The molecule has 1 aromatic carbocycles. The number of hydrazone groups is 1. The molecule has 0 aliphatic carbocycles. The molecule has 0 N–H and O–H groups in total. The predicted octanol–water partition coefficient (Wildman–Crippen LogP) is 2.96. The Balaban J connectivity index is 2.22. The van der Waals surface area contributed by atoms with Crippen LogP contribution in [0.15, 0.2) is 57.4 Å². The number of amides is 1. The maximum atomic E-state index is 12.0. The fraction of sp³-hybridized carbons (Fsp3) is 0. The summed E-state index contributed by atoms with van der Waals surface area (Å²) in [6.07, 6.45) is 7.00. The van der Waals surface area contributed by atoms with Gasteiger partial charge in [0, 0.05) is 15.3 Å². The standard InChI is InChI=1S/C12H9IN2O/c13-11-7-4-8-15(14-9-11)12(16)10-5-2-1-3-6-10/h1-9H. The molecular formula is C12H9IN2O. The minimum Gasteiger partial charge on any atom is -0.267 e. The lowest BCUT2D eigenvalue weighted by atomic mass is 10.2. The van der Waals surface area contributed by atoms with E-state index in [-0.39, 0.29) is 5.91 Å². The summed E-state index contributed by atoms with van der Waals surface area (Å²) in [5, 5.41) is 5.41. The molecule has 0 atom stereocenters. The number of hydrogen-bond donors (Lipinski definition) is 0. The van der Waals surface area contributed by atoms with Gasteiger partial charge in [0.25, 0.3) is 5.91 Å². The Labute approximate surface area is 107 Å². The third-order valence-corrected chi connectivity index (χ3v) is 2.66.